The van der Waals surface area contributed by atoms with Crippen LogP contribution in [-0.2, 0) is 24.1 Å². The summed E-state index contributed by atoms with van der Waals surface area (Å²) in [4.78, 5) is 14.0. The van der Waals surface area contributed by atoms with Gasteiger partial charge >= 0.3 is 0 Å². The number of amides is 1. The van der Waals surface area contributed by atoms with Crippen LogP contribution in [0.3, 0.4) is 0 Å². The highest BCUT2D eigenvalue weighted by atomic mass is 32.2. The molecule has 1 aromatic carbocycles. The molecule has 4 rings (SSSR count). The molecule has 166 valence electrons. The van der Waals surface area contributed by atoms with Crippen molar-refractivity contribution in [2.24, 2.45) is 0 Å². The number of nitriles is 1. The van der Waals surface area contributed by atoms with Crippen molar-refractivity contribution in [1.82, 2.24) is 10.2 Å². The first-order chi connectivity index (χ1) is 15.6. The van der Waals surface area contributed by atoms with Gasteiger partial charge in [0.05, 0.1) is 24.3 Å². The van der Waals surface area contributed by atoms with Crippen LogP contribution in [0.1, 0.15) is 53.6 Å². The van der Waals surface area contributed by atoms with Gasteiger partial charge in [-0.2, -0.15) is 5.26 Å². The van der Waals surface area contributed by atoms with Crippen LogP contribution in [0.2, 0.25) is 0 Å². The first kappa shape index (κ1) is 22.4. The third kappa shape index (κ3) is 5.14. The minimum absolute atomic E-state index is 0.183. The average Bonchev–Trinajstić information content (AvgIpc) is 3.29. The van der Waals surface area contributed by atoms with E-state index in [9.17, 15) is 10.1 Å². The van der Waals surface area contributed by atoms with Gasteiger partial charge in [0.2, 0.25) is 11.8 Å². The van der Waals surface area contributed by atoms with Crippen LogP contribution in [0, 0.1) is 11.3 Å². The SMILES string of the molecule is COc1ccc(Cc2nnc(SC(C)C(=O)Nc3sc4c(c3C#N)CCCCC4)o2)cc1. The number of ether oxygens (including phenoxy) is 1. The summed E-state index contributed by atoms with van der Waals surface area (Å²) in [5.41, 5.74) is 2.76. The van der Waals surface area contributed by atoms with Gasteiger partial charge in [0.1, 0.15) is 16.8 Å². The zero-order valence-electron chi connectivity index (χ0n) is 18.0. The van der Waals surface area contributed by atoms with Gasteiger partial charge in [-0.3, -0.25) is 4.79 Å². The standard InChI is InChI=1S/C23H24N4O3S2/c1-14(21(28)25-22-18(13-24)17-6-4-3-5-7-19(17)32-22)31-23-27-26-20(30-23)12-15-8-10-16(29-2)11-9-15/h8-11,14H,3-7,12H2,1-2H3,(H,25,28). The van der Waals surface area contributed by atoms with E-state index in [1.54, 1.807) is 14.0 Å². The number of benzene rings is 1. The van der Waals surface area contributed by atoms with E-state index in [2.05, 4.69) is 21.6 Å². The fourth-order valence-corrected chi connectivity index (χ4v) is 5.59. The van der Waals surface area contributed by atoms with Crippen molar-refractivity contribution >= 4 is 34.0 Å². The largest absolute Gasteiger partial charge is 0.497 e. The molecule has 7 nitrogen and oxygen atoms in total. The molecule has 1 aliphatic carbocycles. The Morgan fingerprint density at radius 2 is 2.06 bits per heavy atom. The zero-order valence-corrected chi connectivity index (χ0v) is 19.6. The number of hydrogen-bond donors (Lipinski definition) is 1. The Balaban J connectivity index is 1.38. The fraction of sp³-hybridized carbons (Fsp3) is 0.391. The van der Waals surface area contributed by atoms with Gasteiger partial charge in [0, 0.05) is 4.88 Å². The molecule has 3 aromatic rings. The quantitative estimate of drug-likeness (QED) is 0.385. The summed E-state index contributed by atoms with van der Waals surface area (Å²) in [5.74, 6) is 1.09. The maximum Gasteiger partial charge on any atom is 0.277 e. The van der Waals surface area contributed by atoms with Crippen LogP contribution >= 0.6 is 23.1 Å². The van der Waals surface area contributed by atoms with Crippen LogP contribution in [-0.4, -0.2) is 28.5 Å². The van der Waals surface area contributed by atoms with Gasteiger partial charge in [-0.15, -0.1) is 21.5 Å². The van der Waals surface area contributed by atoms with E-state index in [0.717, 1.165) is 42.6 Å². The molecular formula is C23H24N4O3S2. The molecule has 0 aliphatic heterocycles. The van der Waals surface area contributed by atoms with Gasteiger partial charge in [0.15, 0.2) is 0 Å². The molecule has 9 heteroatoms. The molecule has 0 bridgehead atoms. The number of methoxy groups -OCH3 is 1. The second-order valence-electron chi connectivity index (χ2n) is 7.62. The molecule has 2 aromatic heterocycles. The third-order valence-corrected chi connectivity index (χ3v) is 7.52. The number of hydrogen-bond acceptors (Lipinski definition) is 8. The first-order valence-corrected chi connectivity index (χ1v) is 12.2. The van der Waals surface area contributed by atoms with Crippen molar-refractivity contribution in [2.45, 2.75) is 55.9 Å². The molecule has 1 aliphatic rings. The first-order valence-electron chi connectivity index (χ1n) is 10.5. The Morgan fingerprint density at radius 1 is 1.28 bits per heavy atom. The maximum atomic E-state index is 12.8. The molecule has 32 heavy (non-hydrogen) atoms. The van der Waals surface area contributed by atoms with Gasteiger partial charge in [-0.25, -0.2) is 0 Å². The van der Waals surface area contributed by atoms with Crippen molar-refractivity contribution < 1.29 is 13.9 Å². The number of fused-ring (bicyclic) bond motifs is 1. The van der Waals surface area contributed by atoms with Gasteiger partial charge in [-0.1, -0.05) is 30.3 Å². The Morgan fingerprint density at radius 3 is 2.81 bits per heavy atom. The third-order valence-electron chi connectivity index (χ3n) is 5.38. The molecule has 1 unspecified atom stereocenters. The van der Waals surface area contributed by atoms with E-state index in [-0.39, 0.29) is 5.91 Å². The lowest BCUT2D eigenvalue weighted by Gasteiger charge is -2.09. The van der Waals surface area contributed by atoms with Crippen molar-refractivity contribution in [1.29, 1.82) is 5.26 Å². The van der Waals surface area contributed by atoms with E-state index < -0.39 is 5.25 Å². The normalized spacial score (nSPS) is 14.2. The lowest BCUT2D eigenvalue weighted by atomic mass is 10.1. The Kier molecular flexibility index (Phi) is 7.12. The number of rotatable bonds is 7. The second kappa shape index (κ2) is 10.2. The van der Waals surface area contributed by atoms with E-state index in [1.807, 2.05) is 24.3 Å². The lowest BCUT2D eigenvalue weighted by Crippen LogP contribution is -2.22. The number of aromatic nitrogens is 2. The Bertz CT molecular complexity index is 1130. The number of carbonyl (C=O) groups excluding carboxylic acids is 1. The van der Waals surface area contributed by atoms with E-state index in [1.165, 1.54) is 34.4 Å². The average molecular weight is 469 g/mol. The Hall–Kier alpha value is -2.83. The molecule has 0 saturated carbocycles. The van der Waals surface area contributed by atoms with Crippen molar-refractivity contribution in [3.63, 3.8) is 0 Å². The minimum atomic E-state index is -0.447. The highest BCUT2D eigenvalue weighted by Gasteiger charge is 2.24. The number of anilines is 1. The number of aryl methyl sites for hydroxylation is 1. The summed E-state index contributed by atoms with van der Waals surface area (Å²) >= 11 is 2.75. The molecular weight excluding hydrogens is 444 g/mol. The van der Waals surface area contributed by atoms with Crippen LogP contribution in [0.15, 0.2) is 33.9 Å². The van der Waals surface area contributed by atoms with Crippen LogP contribution in [0.25, 0.3) is 0 Å². The molecule has 0 spiro atoms. The molecule has 1 amide bonds. The number of carbonyl (C=O) groups is 1. The van der Waals surface area contributed by atoms with Gasteiger partial charge in [-0.05, 0) is 55.9 Å². The summed E-state index contributed by atoms with van der Waals surface area (Å²) in [5, 5.41) is 21.3. The van der Waals surface area contributed by atoms with E-state index >= 15 is 0 Å². The Labute approximate surface area is 195 Å². The van der Waals surface area contributed by atoms with Crippen LogP contribution in [0.5, 0.6) is 5.75 Å². The highest BCUT2D eigenvalue weighted by Crippen LogP contribution is 2.37. The summed E-state index contributed by atoms with van der Waals surface area (Å²) in [6, 6.07) is 9.96. The van der Waals surface area contributed by atoms with Crippen molar-refractivity contribution in [3.05, 3.63) is 51.7 Å². The van der Waals surface area contributed by atoms with Crippen LogP contribution in [0.4, 0.5) is 5.00 Å². The lowest BCUT2D eigenvalue weighted by molar-refractivity contribution is -0.115. The molecule has 0 saturated heterocycles. The summed E-state index contributed by atoms with van der Waals surface area (Å²) in [6.45, 7) is 1.79. The monoisotopic (exact) mass is 468 g/mol. The predicted molar refractivity (Wildman–Crippen MR) is 124 cm³/mol. The maximum absolute atomic E-state index is 12.8. The molecule has 0 radical (unpaired) electrons. The van der Waals surface area contributed by atoms with Gasteiger partial charge < -0.3 is 14.5 Å². The van der Waals surface area contributed by atoms with Gasteiger partial charge in [0.25, 0.3) is 5.22 Å². The number of nitrogens with zero attached hydrogens (tertiary/aromatic N) is 3. The number of nitrogens with one attached hydrogen (secondary N) is 1. The smallest absolute Gasteiger partial charge is 0.277 e. The second-order valence-corrected chi connectivity index (χ2v) is 10.0. The highest BCUT2D eigenvalue weighted by molar-refractivity contribution is 8.00. The molecule has 1 atom stereocenters. The molecule has 0 fully saturated rings. The van der Waals surface area contributed by atoms with E-state index in [4.69, 9.17) is 9.15 Å². The summed E-state index contributed by atoms with van der Waals surface area (Å²) in [6.07, 6.45) is 5.81. The zero-order chi connectivity index (χ0) is 22.5. The number of thioether (sulfide) groups is 1. The van der Waals surface area contributed by atoms with Crippen molar-refractivity contribution in [3.8, 4) is 11.8 Å². The van der Waals surface area contributed by atoms with E-state index in [0.29, 0.717) is 28.1 Å². The summed E-state index contributed by atoms with van der Waals surface area (Å²) < 4.78 is 10.9. The fourth-order valence-electron chi connectivity index (χ4n) is 3.64. The van der Waals surface area contributed by atoms with Crippen LogP contribution < -0.4 is 10.1 Å². The minimum Gasteiger partial charge on any atom is -0.497 e. The topological polar surface area (TPSA) is 101 Å². The predicted octanol–water partition coefficient (Wildman–Crippen LogP) is 4.99. The molecule has 1 N–H and O–H groups in total. The number of thiophene rings is 1. The summed E-state index contributed by atoms with van der Waals surface area (Å²) in [7, 11) is 1.63. The molecule has 2 heterocycles. The van der Waals surface area contributed by atoms with Crippen molar-refractivity contribution in [2.75, 3.05) is 12.4 Å².